The number of benzene rings is 2. The van der Waals surface area contributed by atoms with Crippen LogP contribution in [0.5, 0.6) is 0 Å². The van der Waals surface area contributed by atoms with E-state index in [-0.39, 0.29) is 6.54 Å². The summed E-state index contributed by atoms with van der Waals surface area (Å²) >= 11 is 0.847. The Bertz CT molecular complexity index is 921. The van der Waals surface area contributed by atoms with Crippen molar-refractivity contribution in [3.05, 3.63) is 82.8 Å². The predicted molar refractivity (Wildman–Crippen MR) is 108 cm³/mol. The summed E-state index contributed by atoms with van der Waals surface area (Å²) in [7, 11) is 0. The van der Waals surface area contributed by atoms with Crippen LogP contribution in [0.2, 0.25) is 0 Å². The molecule has 1 fully saturated rings. The molecule has 0 bridgehead atoms. The van der Waals surface area contributed by atoms with Gasteiger partial charge in [-0.2, -0.15) is 0 Å². The van der Waals surface area contributed by atoms with Gasteiger partial charge in [-0.1, -0.05) is 54.6 Å². The fourth-order valence-electron chi connectivity index (χ4n) is 2.56. The molecular weight excluding hydrogens is 360 g/mol. The molecule has 1 heterocycles. The van der Waals surface area contributed by atoms with Crippen LogP contribution in [0.1, 0.15) is 12.5 Å². The van der Waals surface area contributed by atoms with Gasteiger partial charge < -0.3 is 5.32 Å². The molecule has 0 spiro atoms. The average Bonchev–Trinajstić information content (AvgIpc) is 2.90. The molecule has 27 heavy (non-hydrogen) atoms. The highest BCUT2D eigenvalue weighted by Gasteiger charge is 2.36. The minimum Gasteiger partial charge on any atom is -0.325 e. The molecule has 0 saturated carbocycles. The lowest BCUT2D eigenvalue weighted by Crippen LogP contribution is -2.36. The smallest absolute Gasteiger partial charge is 0.294 e. The van der Waals surface area contributed by atoms with E-state index in [1.165, 1.54) is 0 Å². The number of thioether (sulfide) groups is 1. The molecule has 1 N–H and O–H groups in total. The summed E-state index contributed by atoms with van der Waals surface area (Å²) < 4.78 is 0. The van der Waals surface area contributed by atoms with Crippen molar-refractivity contribution in [1.82, 2.24) is 4.90 Å². The molecule has 5 nitrogen and oxygen atoms in total. The van der Waals surface area contributed by atoms with Gasteiger partial charge in [-0.15, -0.1) is 0 Å². The second-order valence-corrected chi connectivity index (χ2v) is 6.97. The van der Waals surface area contributed by atoms with Crippen molar-refractivity contribution in [2.45, 2.75) is 6.92 Å². The summed E-state index contributed by atoms with van der Waals surface area (Å²) in [5.74, 6) is -0.865. The predicted octanol–water partition coefficient (Wildman–Crippen LogP) is 4.31. The Morgan fingerprint density at radius 1 is 1.04 bits per heavy atom. The van der Waals surface area contributed by atoms with E-state index in [2.05, 4.69) is 5.32 Å². The van der Waals surface area contributed by atoms with Crippen LogP contribution in [0.15, 0.2) is 77.2 Å². The number of hydrogen-bond acceptors (Lipinski definition) is 4. The van der Waals surface area contributed by atoms with Crippen molar-refractivity contribution in [2.24, 2.45) is 0 Å². The van der Waals surface area contributed by atoms with Crippen molar-refractivity contribution in [1.29, 1.82) is 0 Å². The van der Waals surface area contributed by atoms with E-state index >= 15 is 0 Å². The van der Waals surface area contributed by atoms with Gasteiger partial charge in [0.25, 0.3) is 11.1 Å². The first kappa shape index (κ1) is 18.7. The number of imide groups is 1. The van der Waals surface area contributed by atoms with E-state index in [4.69, 9.17) is 0 Å². The van der Waals surface area contributed by atoms with Crippen LogP contribution >= 0.6 is 11.8 Å². The SMILES string of the molecule is CC(/C=C1\SC(=O)N(CC(=O)Nc2ccccc2)C1=O)=C\c1ccccc1. The van der Waals surface area contributed by atoms with E-state index in [0.29, 0.717) is 10.6 Å². The monoisotopic (exact) mass is 378 g/mol. The number of anilines is 1. The zero-order valence-corrected chi connectivity index (χ0v) is 15.5. The van der Waals surface area contributed by atoms with Crippen molar-refractivity contribution >= 4 is 40.6 Å². The summed E-state index contributed by atoms with van der Waals surface area (Å²) in [5.41, 5.74) is 2.47. The third-order valence-electron chi connectivity index (χ3n) is 3.79. The lowest BCUT2D eigenvalue weighted by Gasteiger charge is -2.12. The van der Waals surface area contributed by atoms with Crippen LogP contribution in [0, 0.1) is 0 Å². The first-order chi connectivity index (χ1) is 13.0. The van der Waals surface area contributed by atoms with Crippen molar-refractivity contribution < 1.29 is 14.4 Å². The number of carbonyl (C=O) groups is 3. The molecule has 1 aliphatic heterocycles. The number of hydrogen-bond donors (Lipinski definition) is 1. The summed E-state index contributed by atoms with van der Waals surface area (Å²) in [5, 5.41) is 2.23. The van der Waals surface area contributed by atoms with E-state index in [1.807, 2.05) is 49.4 Å². The molecular formula is C21H18N2O3S. The van der Waals surface area contributed by atoms with E-state index in [0.717, 1.165) is 27.8 Å². The van der Waals surface area contributed by atoms with E-state index in [1.54, 1.807) is 30.3 Å². The Labute approximate surface area is 161 Å². The highest BCUT2D eigenvalue weighted by molar-refractivity contribution is 8.18. The molecule has 1 saturated heterocycles. The molecule has 3 rings (SSSR count). The lowest BCUT2D eigenvalue weighted by atomic mass is 10.1. The molecule has 0 aliphatic carbocycles. The highest BCUT2D eigenvalue weighted by atomic mass is 32.2. The number of rotatable bonds is 5. The fraction of sp³-hybridized carbons (Fsp3) is 0.0952. The van der Waals surface area contributed by atoms with Crippen molar-refractivity contribution in [2.75, 3.05) is 11.9 Å². The fourth-order valence-corrected chi connectivity index (χ4v) is 3.45. The van der Waals surface area contributed by atoms with Crippen LogP contribution in [0.4, 0.5) is 10.5 Å². The molecule has 2 aromatic carbocycles. The maximum atomic E-state index is 12.5. The Morgan fingerprint density at radius 3 is 2.33 bits per heavy atom. The number of nitrogens with one attached hydrogen (secondary N) is 1. The van der Waals surface area contributed by atoms with Gasteiger partial charge >= 0.3 is 0 Å². The molecule has 136 valence electrons. The van der Waals surface area contributed by atoms with Gasteiger partial charge in [-0.3, -0.25) is 19.3 Å². The number of carbonyl (C=O) groups excluding carboxylic acids is 3. The van der Waals surface area contributed by atoms with Crippen LogP contribution in [0.25, 0.3) is 6.08 Å². The Balaban J connectivity index is 1.67. The minimum absolute atomic E-state index is 0.307. The molecule has 0 unspecified atom stereocenters. The summed E-state index contributed by atoms with van der Waals surface area (Å²) in [4.78, 5) is 38.1. The van der Waals surface area contributed by atoms with E-state index in [9.17, 15) is 14.4 Å². The number of para-hydroxylation sites is 1. The van der Waals surface area contributed by atoms with Gasteiger partial charge in [0, 0.05) is 5.69 Å². The maximum Gasteiger partial charge on any atom is 0.294 e. The standard InChI is InChI=1S/C21H18N2O3S/c1-15(12-16-8-4-2-5-9-16)13-18-20(25)23(21(26)27-18)14-19(24)22-17-10-6-3-7-11-17/h2-13H,14H2,1H3,(H,22,24)/b15-12+,18-13-. The summed E-state index contributed by atoms with van der Waals surface area (Å²) in [6.45, 7) is 1.56. The van der Waals surface area contributed by atoms with Crippen LogP contribution < -0.4 is 5.32 Å². The molecule has 6 heteroatoms. The third-order valence-corrected chi connectivity index (χ3v) is 4.69. The molecule has 1 aliphatic rings. The maximum absolute atomic E-state index is 12.5. The second-order valence-electron chi connectivity index (χ2n) is 5.98. The quantitative estimate of drug-likeness (QED) is 0.788. The third kappa shape index (κ3) is 4.95. The van der Waals surface area contributed by atoms with Gasteiger partial charge in [0.1, 0.15) is 6.54 Å². The zero-order chi connectivity index (χ0) is 19.2. The number of allylic oxidation sites excluding steroid dienone is 2. The Morgan fingerprint density at radius 2 is 1.67 bits per heavy atom. The van der Waals surface area contributed by atoms with Gasteiger partial charge in [0.15, 0.2) is 0 Å². The number of nitrogens with zero attached hydrogens (tertiary/aromatic N) is 1. The molecule has 2 aromatic rings. The largest absolute Gasteiger partial charge is 0.325 e. The number of amides is 3. The van der Waals surface area contributed by atoms with E-state index < -0.39 is 17.1 Å². The Hall–Kier alpha value is -3.12. The van der Waals surface area contributed by atoms with Crippen LogP contribution in [-0.4, -0.2) is 28.5 Å². The Kier molecular flexibility index (Phi) is 5.88. The van der Waals surface area contributed by atoms with Crippen molar-refractivity contribution in [3.8, 4) is 0 Å². The van der Waals surface area contributed by atoms with Gasteiger partial charge in [0.05, 0.1) is 4.91 Å². The second kappa shape index (κ2) is 8.51. The first-order valence-corrected chi connectivity index (χ1v) is 9.18. The zero-order valence-electron chi connectivity index (χ0n) is 14.7. The average molecular weight is 378 g/mol. The molecule has 3 amide bonds. The minimum atomic E-state index is -0.450. The topological polar surface area (TPSA) is 66.5 Å². The highest BCUT2D eigenvalue weighted by Crippen LogP contribution is 2.31. The van der Waals surface area contributed by atoms with Gasteiger partial charge in [0.2, 0.25) is 5.91 Å². The first-order valence-electron chi connectivity index (χ1n) is 8.36. The summed E-state index contributed by atoms with van der Waals surface area (Å²) in [6, 6.07) is 18.6. The molecule has 0 atom stereocenters. The molecule has 0 aromatic heterocycles. The summed E-state index contributed by atoms with van der Waals surface area (Å²) in [6.07, 6.45) is 3.60. The normalized spacial score (nSPS) is 16.1. The van der Waals surface area contributed by atoms with Crippen LogP contribution in [0.3, 0.4) is 0 Å². The van der Waals surface area contributed by atoms with Gasteiger partial charge in [-0.05, 0) is 48.0 Å². The van der Waals surface area contributed by atoms with Crippen molar-refractivity contribution in [3.63, 3.8) is 0 Å². The molecule has 0 radical (unpaired) electrons. The van der Waals surface area contributed by atoms with Crippen LogP contribution in [-0.2, 0) is 9.59 Å². The lowest BCUT2D eigenvalue weighted by molar-refractivity contribution is -0.127. The van der Waals surface area contributed by atoms with Gasteiger partial charge in [-0.25, -0.2) is 0 Å².